The van der Waals surface area contributed by atoms with Crippen LogP contribution in [0.3, 0.4) is 0 Å². The quantitative estimate of drug-likeness (QED) is 0.582. The van der Waals surface area contributed by atoms with Crippen LogP contribution < -0.4 is 4.74 Å². The number of rotatable bonds is 6. The molecule has 0 N–H and O–H groups in total. The Balaban J connectivity index is 1.64. The maximum absolute atomic E-state index is 13.8. The summed E-state index contributed by atoms with van der Waals surface area (Å²) in [5.74, 6) is -0.600. The van der Waals surface area contributed by atoms with E-state index in [1.54, 1.807) is 24.9 Å². The Morgan fingerprint density at radius 1 is 1.18 bits per heavy atom. The first-order chi connectivity index (χ1) is 13.5. The molecular weight excluding hydrogens is 362 g/mol. The van der Waals surface area contributed by atoms with Gasteiger partial charge in [-0.3, -0.25) is 9.48 Å². The predicted octanol–water partition coefficient (Wildman–Crippen LogP) is 4.68. The van der Waals surface area contributed by atoms with Crippen molar-refractivity contribution in [1.29, 1.82) is 0 Å². The maximum atomic E-state index is 13.8. The van der Waals surface area contributed by atoms with Gasteiger partial charge in [-0.15, -0.1) is 0 Å². The Labute approximate surface area is 161 Å². The molecule has 0 unspecified atom stereocenters. The Morgan fingerprint density at radius 3 is 2.54 bits per heavy atom. The molecule has 6 heteroatoms. The van der Waals surface area contributed by atoms with Gasteiger partial charge in [0.15, 0.2) is 5.78 Å². The van der Waals surface area contributed by atoms with Gasteiger partial charge in [0.2, 0.25) is 0 Å². The van der Waals surface area contributed by atoms with Crippen LogP contribution >= 0.6 is 0 Å². The third-order valence-corrected chi connectivity index (χ3v) is 5.11. The number of benzene rings is 2. The summed E-state index contributed by atoms with van der Waals surface area (Å²) in [6.45, 7) is 0. The SMILES string of the molecule is COc1cc(C2CC2)ccc1-c1cc(C(=O)Cc2c(F)cccc2F)nn1C. The van der Waals surface area contributed by atoms with Gasteiger partial charge in [-0.1, -0.05) is 12.1 Å². The minimum Gasteiger partial charge on any atom is -0.496 e. The molecule has 1 aromatic heterocycles. The highest BCUT2D eigenvalue weighted by molar-refractivity contribution is 5.97. The molecule has 2 aromatic carbocycles. The second kappa shape index (κ2) is 7.19. The van der Waals surface area contributed by atoms with E-state index in [1.165, 1.54) is 24.5 Å². The third-order valence-electron chi connectivity index (χ3n) is 5.11. The fraction of sp³-hybridized carbons (Fsp3) is 0.273. The zero-order chi connectivity index (χ0) is 19.8. The first kappa shape index (κ1) is 18.3. The molecule has 3 aromatic rings. The molecule has 28 heavy (non-hydrogen) atoms. The monoisotopic (exact) mass is 382 g/mol. The van der Waals surface area contributed by atoms with E-state index < -0.39 is 17.4 Å². The Hall–Kier alpha value is -3.02. The van der Waals surface area contributed by atoms with Crippen molar-refractivity contribution < 1.29 is 18.3 Å². The van der Waals surface area contributed by atoms with Crippen LogP contribution in [0.1, 0.15) is 40.4 Å². The molecule has 0 amide bonds. The van der Waals surface area contributed by atoms with Gasteiger partial charge in [-0.2, -0.15) is 5.10 Å². The number of ether oxygens (including phenoxy) is 1. The van der Waals surface area contributed by atoms with Crippen LogP contribution in [0, 0.1) is 11.6 Å². The molecule has 1 aliphatic rings. The van der Waals surface area contributed by atoms with Crippen LogP contribution in [-0.2, 0) is 13.5 Å². The first-order valence-electron chi connectivity index (χ1n) is 9.16. The number of ketones is 1. The van der Waals surface area contributed by atoms with E-state index in [0.29, 0.717) is 17.4 Å². The van der Waals surface area contributed by atoms with E-state index in [9.17, 15) is 13.6 Å². The average Bonchev–Trinajstić information content (AvgIpc) is 3.46. The van der Waals surface area contributed by atoms with Crippen molar-refractivity contribution in [3.05, 3.63) is 70.9 Å². The molecule has 1 aliphatic carbocycles. The highest BCUT2D eigenvalue weighted by Gasteiger charge is 2.25. The van der Waals surface area contributed by atoms with E-state index in [0.717, 1.165) is 17.7 Å². The van der Waals surface area contributed by atoms with Crippen LogP contribution in [0.25, 0.3) is 11.3 Å². The summed E-state index contributed by atoms with van der Waals surface area (Å²) in [6, 6.07) is 11.2. The number of aromatic nitrogens is 2. The summed E-state index contributed by atoms with van der Waals surface area (Å²) in [5.41, 5.74) is 2.68. The van der Waals surface area contributed by atoms with Gasteiger partial charge in [0.1, 0.15) is 23.1 Å². The molecule has 0 radical (unpaired) electrons. The van der Waals surface area contributed by atoms with E-state index in [1.807, 2.05) is 12.1 Å². The second-order valence-corrected chi connectivity index (χ2v) is 7.07. The molecule has 1 saturated carbocycles. The lowest BCUT2D eigenvalue weighted by Crippen LogP contribution is -2.08. The molecule has 0 atom stereocenters. The highest BCUT2D eigenvalue weighted by atomic mass is 19.1. The molecular formula is C22H20F2N2O2. The molecule has 0 aliphatic heterocycles. The normalized spacial score (nSPS) is 13.6. The number of aryl methyl sites for hydroxylation is 1. The van der Waals surface area contributed by atoms with E-state index in [-0.39, 0.29) is 17.7 Å². The number of hydrogen-bond donors (Lipinski definition) is 0. The van der Waals surface area contributed by atoms with Gasteiger partial charge < -0.3 is 4.74 Å². The van der Waals surface area contributed by atoms with Gasteiger partial charge in [-0.05, 0) is 54.7 Å². The van der Waals surface area contributed by atoms with Gasteiger partial charge in [0, 0.05) is 24.6 Å². The Morgan fingerprint density at radius 2 is 1.89 bits per heavy atom. The summed E-state index contributed by atoms with van der Waals surface area (Å²) in [5, 5.41) is 4.25. The Bertz CT molecular complexity index is 1030. The van der Waals surface area contributed by atoms with Gasteiger partial charge in [0.05, 0.1) is 12.8 Å². The molecule has 4 nitrogen and oxygen atoms in total. The smallest absolute Gasteiger partial charge is 0.187 e. The number of carbonyl (C=O) groups is 1. The van der Waals surface area contributed by atoms with Crippen molar-refractivity contribution in [2.24, 2.45) is 7.05 Å². The fourth-order valence-electron chi connectivity index (χ4n) is 3.40. The lowest BCUT2D eigenvalue weighted by Gasteiger charge is -2.10. The molecule has 0 bridgehead atoms. The minimum atomic E-state index is -0.734. The van der Waals surface area contributed by atoms with E-state index >= 15 is 0 Å². The van der Waals surface area contributed by atoms with Crippen molar-refractivity contribution in [2.75, 3.05) is 7.11 Å². The summed E-state index contributed by atoms with van der Waals surface area (Å²) in [7, 11) is 3.34. The largest absolute Gasteiger partial charge is 0.496 e. The van der Waals surface area contributed by atoms with Gasteiger partial charge >= 0.3 is 0 Å². The van der Waals surface area contributed by atoms with Crippen LogP contribution in [-0.4, -0.2) is 22.7 Å². The average molecular weight is 382 g/mol. The topological polar surface area (TPSA) is 44.1 Å². The van der Waals surface area contributed by atoms with Crippen molar-refractivity contribution in [2.45, 2.75) is 25.2 Å². The van der Waals surface area contributed by atoms with Crippen molar-refractivity contribution in [1.82, 2.24) is 9.78 Å². The summed E-state index contributed by atoms with van der Waals surface area (Å²) in [4.78, 5) is 12.6. The fourth-order valence-corrected chi connectivity index (χ4v) is 3.40. The second-order valence-electron chi connectivity index (χ2n) is 7.07. The zero-order valence-electron chi connectivity index (χ0n) is 15.7. The number of halogens is 2. The van der Waals surface area contributed by atoms with Crippen molar-refractivity contribution in [3.8, 4) is 17.0 Å². The zero-order valence-corrected chi connectivity index (χ0v) is 15.7. The number of methoxy groups -OCH3 is 1. The first-order valence-corrected chi connectivity index (χ1v) is 9.16. The number of nitrogens with zero attached hydrogens (tertiary/aromatic N) is 2. The highest BCUT2D eigenvalue weighted by Crippen LogP contribution is 2.43. The lowest BCUT2D eigenvalue weighted by atomic mass is 10.0. The Kier molecular flexibility index (Phi) is 4.71. The molecule has 1 fully saturated rings. The number of Topliss-reactive ketones (excluding diaryl/α,β-unsaturated/α-hetero) is 1. The third kappa shape index (κ3) is 3.42. The molecule has 0 spiro atoms. The van der Waals surface area contributed by atoms with Gasteiger partial charge in [0.25, 0.3) is 0 Å². The summed E-state index contributed by atoms with van der Waals surface area (Å²) < 4.78 is 34.8. The molecule has 144 valence electrons. The van der Waals surface area contributed by atoms with Crippen molar-refractivity contribution in [3.63, 3.8) is 0 Å². The minimum absolute atomic E-state index is 0.161. The van der Waals surface area contributed by atoms with Crippen LogP contribution in [0.2, 0.25) is 0 Å². The lowest BCUT2D eigenvalue weighted by molar-refractivity contribution is 0.0985. The molecule has 1 heterocycles. The van der Waals surface area contributed by atoms with E-state index in [4.69, 9.17) is 4.74 Å². The van der Waals surface area contributed by atoms with Crippen LogP contribution in [0.5, 0.6) is 5.75 Å². The number of carbonyl (C=O) groups excluding carboxylic acids is 1. The van der Waals surface area contributed by atoms with Crippen molar-refractivity contribution >= 4 is 5.78 Å². The molecule has 4 rings (SSSR count). The summed E-state index contributed by atoms with van der Waals surface area (Å²) >= 11 is 0. The van der Waals surface area contributed by atoms with Crippen LogP contribution in [0.4, 0.5) is 8.78 Å². The predicted molar refractivity (Wildman–Crippen MR) is 102 cm³/mol. The van der Waals surface area contributed by atoms with Gasteiger partial charge in [-0.25, -0.2) is 8.78 Å². The maximum Gasteiger partial charge on any atom is 0.187 e. The summed E-state index contributed by atoms with van der Waals surface area (Å²) in [6.07, 6.45) is 2.01. The standard InChI is InChI=1S/C22H20F2N2O2/c1-26-20(15-9-8-14(13-6-7-13)10-22(15)28-2)12-19(25-26)21(27)11-16-17(23)4-3-5-18(16)24/h3-5,8-10,12-13H,6-7,11H2,1-2H3. The van der Waals surface area contributed by atoms with Crippen LogP contribution in [0.15, 0.2) is 42.5 Å². The molecule has 0 saturated heterocycles. The number of hydrogen-bond acceptors (Lipinski definition) is 3. The van der Waals surface area contributed by atoms with E-state index in [2.05, 4.69) is 11.2 Å².